The molecule has 0 heterocycles. The first-order valence-corrected chi connectivity index (χ1v) is 7.43. The summed E-state index contributed by atoms with van der Waals surface area (Å²) >= 11 is 0. The molecule has 1 N–H and O–H groups in total. The van der Waals surface area contributed by atoms with Gasteiger partial charge in [0.2, 0.25) is 0 Å². The molecule has 0 aliphatic heterocycles. The van der Waals surface area contributed by atoms with Crippen molar-refractivity contribution in [1.29, 1.82) is 0 Å². The summed E-state index contributed by atoms with van der Waals surface area (Å²) in [7, 11) is 0. The monoisotopic (exact) mass is 326 g/mol. The van der Waals surface area contributed by atoms with Crippen LogP contribution in [0.25, 0.3) is 6.08 Å². The molecule has 0 aliphatic rings. The molecule has 6 nitrogen and oxygen atoms in total. The van der Waals surface area contributed by atoms with E-state index in [-0.39, 0.29) is 18.8 Å². The molecule has 0 saturated heterocycles. The summed E-state index contributed by atoms with van der Waals surface area (Å²) in [6, 6.07) is 14.3. The number of carbonyl (C=O) groups is 1. The van der Waals surface area contributed by atoms with Crippen molar-refractivity contribution in [2.24, 2.45) is 0 Å². The molecule has 24 heavy (non-hydrogen) atoms. The molecule has 2 aromatic carbocycles. The third-order valence-electron chi connectivity index (χ3n) is 3.36. The number of hydrogen-bond donors (Lipinski definition) is 1. The molecule has 6 heteroatoms. The summed E-state index contributed by atoms with van der Waals surface area (Å²) in [4.78, 5) is 22.2. The number of nitro benzene ring substituents is 1. The maximum atomic E-state index is 11.6. The Morgan fingerprint density at radius 3 is 2.67 bits per heavy atom. The van der Waals surface area contributed by atoms with Crippen LogP contribution in [0.3, 0.4) is 0 Å². The normalized spacial score (nSPS) is 10.5. The summed E-state index contributed by atoms with van der Waals surface area (Å²) in [5.41, 5.74) is 2.27. The molecular formula is C18H18N2O4. The van der Waals surface area contributed by atoms with Crippen LogP contribution in [0.1, 0.15) is 16.7 Å². The average molecular weight is 326 g/mol. The molecule has 0 aliphatic carbocycles. The third kappa shape index (κ3) is 4.95. The number of rotatable bonds is 6. The highest BCUT2D eigenvalue weighted by Crippen LogP contribution is 2.22. The van der Waals surface area contributed by atoms with Crippen LogP contribution in [0.15, 0.2) is 54.6 Å². The van der Waals surface area contributed by atoms with Gasteiger partial charge in [0.15, 0.2) is 0 Å². The van der Waals surface area contributed by atoms with Crippen LogP contribution in [0.2, 0.25) is 0 Å². The number of ether oxygens (including phenoxy) is 1. The first kappa shape index (κ1) is 17.2. The fourth-order valence-electron chi connectivity index (χ4n) is 2.13. The molecule has 0 atom stereocenters. The van der Waals surface area contributed by atoms with E-state index in [9.17, 15) is 14.9 Å². The minimum Gasteiger partial charge on any atom is -0.445 e. The number of aryl methyl sites for hydroxylation is 1. The molecule has 1 amide bonds. The SMILES string of the molecule is Cc1cccc([N+](=O)[O-])c1C=CCNC(=O)OCc1ccccc1. The van der Waals surface area contributed by atoms with Gasteiger partial charge in [-0.05, 0) is 18.1 Å². The molecular weight excluding hydrogens is 308 g/mol. The molecule has 0 aromatic heterocycles. The van der Waals surface area contributed by atoms with E-state index in [1.165, 1.54) is 6.07 Å². The van der Waals surface area contributed by atoms with Crippen LogP contribution in [-0.2, 0) is 11.3 Å². The molecule has 0 saturated carbocycles. The van der Waals surface area contributed by atoms with Gasteiger partial charge in [0.1, 0.15) is 6.61 Å². The second kappa shape index (κ2) is 8.47. The minimum atomic E-state index is -0.539. The van der Waals surface area contributed by atoms with E-state index in [4.69, 9.17) is 4.74 Å². The Labute approximate surface area is 139 Å². The Hall–Kier alpha value is -3.15. The molecule has 0 fully saturated rings. The maximum Gasteiger partial charge on any atom is 0.407 e. The first-order chi connectivity index (χ1) is 11.6. The predicted octanol–water partition coefficient (Wildman–Crippen LogP) is 3.84. The van der Waals surface area contributed by atoms with Crippen molar-refractivity contribution in [2.75, 3.05) is 6.54 Å². The van der Waals surface area contributed by atoms with Crippen LogP contribution >= 0.6 is 0 Å². The highest BCUT2D eigenvalue weighted by molar-refractivity contribution is 5.68. The van der Waals surface area contributed by atoms with Crippen molar-refractivity contribution in [2.45, 2.75) is 13.5 Å². The smallest absolute Gasteiger partial charge is 0.407 e. The number of amides is 1. The first-order valence-electron chi connectivity index (χ1n) is 7.43. The number of alkyl carbamates (subject to hydrolysis) is 1. The third-order valence-corrected chi connectivity index (χ3v) is 3.36. The number of hydrogen-bond acceptors (Lipinski definition) is 4. The number of carbonyl (C=O) groups excluding carboxylic acids is 1. The topological polar surface area (TPSA) is 81.5 Å². The number of nitro groups is 1. The second-order valence-corrected chi connectivity index (χ2v) is 5.11. The van der Waals surface area contributed by atoms with Crippen LogP contribution < -0.4 is 5.32 Å². The lowest BCUT2D eigenvalue weighted by Gasteiger charge is -2.05. The van der Waals surface area contributed by atoms with Gasteiger partial charge < -0.3 is 10.1 Å². The Bertz CT molecular complexity index is 742. The lowest BCUT2D eigenvalue weighted by Crippen LogP contribution is -2.24. The molecule has 0 bridgehead atoms. The number of nitrogens with one attached hydrogen (secondary N) is 1. The zero-order chi connectivity index (χ0) is 17.4. The summed E-state index contributed by atoms with van der Waals surface area (Å²) in [6.07, 6.45) is 2.74. The van der Waals surface area contributed by atoms with Gasteiger partial charge in [-0.1, -0.05) is 54.6 Å². The van der Waals surface area contributed by atoms with Gasteiger partial charge in [-0.3, -0.25) is 10.1 Å². The van der Waals surface area contributed by atoms with Crippen molar-refractivity contribution >= 4 is 17.9 Å². The van der Waals surface area contributed by atoms with E-state index in [0.29, 0.717) is 5.56 Å². The quantitative estimate of drug-likeness (QED) is 0.646. The standard InChI is InChI=1S/C18H18N2O4/c1-14-7-5-11-17(20(22)23)16(14)10-6-12-19-18(21)24-13-15-8-3-2-4-9-15/h2-11H,12-13H2,1H3,(H,19,21). The lowest BCUT2D eigenvalue weighted by atomic mass is 10.1. The highest BCUT2D eigenvalue weighted by atomic mass is 16.6. The van der Waals surface area contributed by atoms with Crippen molar-refractivity contribution in [3.8, 4) is 0 Å². The minimum absolute atomic E-state index is 0.0397. The summed E-state index contributed by atoms with van der Waals surface area (Å²) in [5, 5.41) is 13.6. The van der Waals surface area contributed by atoms with Gasteiger partial charge in [-0.25, -0.2) is 4.79 Å². The van der Waals surface area contributed by atoms with Gasteiger partial charge in [-0.15, -0.1) is 0 Å². The number of benzene rings is 2. The van der Waals surface area contributed by atoms with Crippen LogP contribution in [0.4, 0.5) is 10.5 Å². The molecule has 2 rings (SSSR count). The van der Waals surface area contributed by atoms with E-state index in [1.807, 2.05) is 30.3 Å². The molecule has 124 valence electrons. The fourth-order valence-corrected chi connectivity index (χ4v) is 2.13. The number of nitrogens with zero attached hydrogens (tertiary/aromatic N) is 1. The van der Waals surface area contributed by atoms with E-state index >= 15 is 0 Å². The van der Waals surface area contributed by atoms with Crippen molar-refractivity contribution in [1.82, 2.24) is 5.32 Å². The van der Waals surface area contributed by atoms with Crippen molar-refractivity contribution in [3.63, 3.8) is 0 Å². The molecule has 2 aromatic rings. The largest absolute Gasteiger partial charge is 0.445 e. The zero-order valence-electron chi connectivity index (χ0n) is 13.3. The highest BCUT2D eigenvalue weighted by Gasteiger charge is 2.12. The predicted molar refractivity (Wildman–Crippen MR) is 91.5 cm³/mol. The van der Waals surface area contributed by atoms with Gasteiger partial charge in [0.05, 0.1) is 10.5 Å². The van der Waals surface area contributed by atoms with Crippen molar-refractivity contribution < 1.29 is 14.5 Å². The summed E-state index contributed by atoms with van der Waals surface area (Å²) in [5.74, 6) is 0. The summed E-state index contributed by atoms with van der Waals surface area (Å²) < 4.78 is 5.07. The van der Waals surface area contributed by atoms with Crippen molar-refractivity contribution in [3.05, 3.63) is 81.4 Å². The average Bonchev–Trinajstić information content (AvgIpc) is 2.58. The van der Waals surface area contributed by atoms with Gasteiger partial charge >= 0.3 is 6.09 Å². The van der Waals surface area contributed by atoms with Crippen LogP contribution in [0, 0.1) is 17.0 Å². The van der Waals surface area contributed by atoms with Gasteiger partial charge in [0, 0.05) is 12.6 Å². The van der Waals surface area contributed by atoms with E-state index in [0.717, 1.165) is 11.1 Å². The Balaban J connectivity index is 1.84. The van der Waals surface area contributed by atoms with Crippen LogP contribution in [-0.4, -0.2) is 17.6 Å². The fraction of sp³-hybridized carbons (Fsp3) is 0.167. The van der Waals surface area contributed by atoms with E-state index < -0.39 is 11.0 Å². The zero-order valence-corrected chi connectivity index (χ0v) is 13.3. The second-order valence-electron chi connectivity index (χ2n) is 5.11. The molecule has 0 unspecified atom stereocenters. The van der Waals surface area contributed by atoms with E-state index in [1.54, 1.807) is 31.2 Å². The lowest BCUT2D eigenvalue weighted by molar-refractivity contribution is -0.385. The van der Waals surface area contributed by atoms with Crippen LogP contribution in [0.5, 0.6) is 0 Å². The maximum absolute atomic E-state index is 11.6. The van der Waals surface area contributed by atoms with Gasteiger partial charge in [0.25, 0.3) is 5.69 Å². The van der Waals surface area contributed by atoms with E-state index in [2.05, 4.69) is 5.32 Å². The molecule has 0 radical (unpaired) electrons. The van der Waals surface area contributed by atoms with Gasteiger partial charge in [-0.2, -0.15) is 0 Å². The summed E-state index contributed by atoms with van der Waals surface area (Å²) in [6.45, 7) is 2.22. The Kier molecular flexibility index (Phi) is 6.08. The Morgan fingerprint density at radius 2 is 1.96 bits per heavy atom. The Morgan fingerprint density at radius 1 is 1.21 bits per heavy atom. The molecule has 0 spiro atoms.